The van der Waals surface area contributed by atoms with Crippen molar-refractivity contribution in [2.75, 3.05) is 27.2 Å². The molecule has 0 fully saturated rings. The first-order valence-electron chi connectivity index (χ1n) is 10.9. The molecule has 0 aliphatic heterocycles. The summed E-state index contributed by atoms with van der Waals surface area (Å²) in [5.41, 5.74) is 0.0317. The molecule has 0 spiro atoms. The van der Waals surface area contributed by atoms with Gasteiger partial charge in [-0.15, -0.1) is 11.6 Å². The molecule has 0 unspecified atom stereocenters. The van der Waals surface area contributed by atoms with Crippen LogP contribution < -0.4 is 24.6 Å². The molecule has 5 aromatic rings. The minimum atomic E-state index is -0.675. The number of ether oxygens (including phenoxy) is 4. The van der Waals surface area contributed by atoms with Crippen LogP contribution in [0.25, 0.3) is 38.2 Å². The molecule has 3 heterocycles. The van der Waals surface area contributed by atoms with Crippen molar-refractivity contribution in [2.24, 2.45) is 0 Å². The van der Waals surface area contributed by atoms with Gasteiger partial charge in [-0.3, -0.25) is 0 Å². The average molecular weight is 546 g/mol. The Morgan fingerprint density at radius 1 is 0.973 bits per heavy atom. The Labute approximate surface area is 219 Å². The van der Waals surface area contributed by atoms with Gasteiger partial charge in [-0.2, -0.15) is 0 Å². The Hall–Kier alpha value is -3.95. The SMILES string of the molecule is COc1cc2c(cc1O)oc(=O)c1c2c(O/C(C)=C(\Cl)CCl)c2c3cc(OC)c(OC)c(O)c3ccn21. The van der Waals surface area contributed by atoms with E-state index in [1.807, 2.05) is 0 Å². The molecule has 3 aromatic heterocycles. The largest absolute Gasteiger partial charge is 0.504 e. The van der Waals surface area contributed by atoms with E-state index in [1.165, 1.54) is 27.4 Å². The number of halogens is 2. The highest BCUT2D eigenvalue weighted by molar-refractivity contribution is 6.36. The first-order valence-corrected chi connectivity index (χ1v) is 11.8. The zero-order valence-corrected chi connectivity index (χ0v) is 21.7. The summed E-state index contributed by atoms with van der Waals surface area (Å²) in [5.74, 6) is 0.814. The number of nitrogens with zero attached hydrogens (tertiary/aromatic N) is 1. The molecule has 0 atom stereocenters. The maximum Gasteiger partial charge on any atom is 0.361 e. The van der Waals surface area contributed by atoms with E-state index < -0.39 is 5.63 Å². The third-order valence-electron chi connectivity index (χ3n) is 6.19. The van der Waals surface area contributed by atoms with E-state index in [9.17, 15) is 15.0 Å². The van der Waals surface area contributed by atoms with Gasteiger partial charge in [-0.25, -0.2) is 4.79 Å². The summed E-state index contributed by atoms with van der Waals surface area (Å²) in [6.07, 6.45) is 1.61. The van der Waals surface area contributed by atoms with Crippen molar-refractivity contribution in [3.05, 3.63) is 51.7 Å². The molecule has 2 aromatic carbocycles. The Kier molecular flexibility index (Phi) is 6.13. The minimum Gasteiger partial charge on any atom is -0.504 e. The van der Waals surface area contributed by atoms with Gasteiger partial charge in [-0.1, -0.05) is 11.6 Å². The maximum atomic E-state index is 13.3. The first kappa shape index (κ1) is 24.7. The molecule has 0 bridgehead atoms. The van der Waals surface area contributed by atoms with E-state index in [0.29, 0.717) is 32.8 Å². The van der Waals surface area contributed by atoms with Gasteiger partial charge >= 0.3 is 5.63 Å². The number of allylic oxidation sites excluding steroid dienone is 2. The predicted octanol–water partition coefficient (Wildman–Crippen LogP) is 5.88. The van der Waals surface area contributed by atoms with Gasteiger partial charge in [-0.05, 0) is 25.1 Å². The Morgan fingerprint density at radius 3 is 2.32 bits per heavy atom. The van der Waals surface area contributed by atoms with E-state index in [1.54, 1.807) is 35.7 Å². The molecule has 5 rings (SSSR count). The number of methoxy groups -OCH3 is 3. The van der Waals surface area contributed by atoms with Gasteiger partial charge in [0, 0.05) is 28.4 Å². The van der Waals surface area contributed by atoms with Crippen molar-refractivity contribution in [1.29, 1.82) is 0 Å². The predicted molar refractivity (Wildman–Crippen MR) is 141 cm³/mol. The third kappa shape index (κ3) is 3.65. The number of pyridine rings is 1. The second kappa shape index (κ2) is 9.17. The number of alkyl halides is 1. The van der Waals surface area contributed by atoms with E-state index >= 15 is 0 Å². The van der Waals surface area contributed by atoms with Crippen LogP contribution in [0.15, 0.2) is 50.5 Å². The topological polar surface area (TPSA) is 112 Å². The smallest absolute Gasteiger partial charge is 0.361 e. The summed E-state index contributed by atoms with van der Waals surface area (Å²) < 4.78 is 29.5. The highest BCUT2D eigenvalue weighted by atomic mass is 35.5. The summed E-state index contributed by atoms with van der Waals surface area (Å²) in [4.78, 5) is 13.3. The normalized spacial score (nSPS) is 12.4. The van der Waals surface area contributed by atoms with E-state index in [4.69, 9.17) is 46.6 Å². The van der Waals surface area contributed by atoms with Crippen molar-refractivity contribution in [2.45, 2.75) is 6.92 Å². The van der Waals surface area contributed by atoms with Gasteiger partial charge in [0.2, 0.25) is 5.75 Å². The van der Waals surface area contributed by atoms with Gasteiger partial charge in [0.05, 0.1) is 43.1 Å². The third-order valence-corrected chi connectivity index (χ3v) is 6.99. The number of benzene rings is 2. The lowest BCUT2D eigenvalue weighted by Crippen LogP contribution is -2.03. The van der Waals surface area contributed by atoms with Crippen LogP contribution in [-0.2, 0) is 0 Å². The molecule has 0 aliphatic rings. The van der Waals surface area contributed by atoms with Crippen molar-refractivity contribution in [1.82, 2.24) is 4.40 Å². The van der Waals surface area contributed by atoms with Crippen LogP contribution in [0.3, 0.4) is 0 Å². The van der Waals surface area contributed by atoms with Gasteiger partial charge in [0.1, 0.15) is 16.9 Å². The second-order valence-corrected chi connectivity index (χ2v) is 8.84. The summed E-state index contributed by atoms with van der Waals surface area (Å²) in [5, 5.41) is 23.3. The lowest BCUT2D eigenvalue weighted by atomic mass is 10.1. The highest BCUT2D eigenvalue weighted by Gasteiger charge is 2.26. The zero-order chi connectivity index (χ0) is 26.6. The number of hydrogen-bond acceptors (Lipinski definition) is 8. The first-order chi connectivity index (χ1) is 17.7. The van der Waals surface area contributed by atoms with Crippen molar-refractivity contribution < 1.29 is 33.6 Å². The highest BCUT2D eigenvalue weighted by Crippen LogP contribution is 2.48. The maximum absolute atomic E-state index is 13.3. The zero-order valence-electron chi connectivity index (χ0n) is 20.1. The number of hydrogen-bond donors (Lipinski definition) is 2. The summed E-state index contributed by atoms with van der Waals surface area (Å²) in [7, 11) is 4.28. The Morgan fingerprint density at radius 2 is 1.68 bits per heavy atom. The second-order valence-electron chi connectivity index (χ2n) is 8.12. The average Bonchev–Trinajstić information content (AvgIpc) is 3.22. The molecule has 0 amide bonds. The number of phenols is 2. The molecule has 2 N–H and O–H groups in total. The fourth-order valence-corrected chi connectivity index (χ4v) is 4.69. The van der Waals surface area contributed by atoms with Crippen LogP contribution >= 0.6 is 23.2 Å². The molecule has 0 aliphatic carbocycles. The number of phenolic OH excluding ortho intramolecular Hbond substituents is 2. The van der Waals surface area contributed by atoms with Crippen LogP contribution in [0.1, 0.15) is 6.92 Å². The summed E-state index contributed by atoms with van der Waals surface area (Å²) in [6, 6.07) is 6.16. The van der Waals surface area contributed by atoms with Crippen molar-refractivity contribution in [3.8, 4) is 34.5 Å². The molecule has 0 saturated carbocycles. The number of fused-ring (bicyclic) bond motifs is 7. The Balaban J connectivity index is 2.08. The van der Waals surface area contributed by atoms with Crippen molar-refractivity contribution >= 4 is 61.4 Å². The fraction of sp³-hybridized carbons (Fsp3) is 0.192. The quantitative estimate of drug-likeness (QED) is 0.154. The van der Waals surface area contributed by atoms with Crippen LogP contribution in [0.2, 0.25) is 0 Å². The number of rotatable bonds is 6. The van der Waals surface area contributed by atoms with Crippen LogP contribution in [0.4, 0.5) is 0 Å². The van der Waals surface area contributed by atoms with Gasteiger partial charge in [0.15, 0.2) is 28.7 Å². The number of aromatic hydroxyl groups is 2. The summed E-state index contributed by atoms with van der Waals surface area (Å²) >= 11 is 12.2. The molecule has 11 heteroatoms. The lowest BCUT2D eigenvalue weighted by Gasteiger charge is -2.14. The van der Waals surface area contributed by atoms with Crippen LogP contribution in [0, 0.1) is 0 Å². The fourth-order valence-electron chi connectivity index (χ4n) is 4.47. The summed E-state index contributed by atoms with van der Waals surface area (Å²) in [6.45, 7) is 1.65. The molecule has 0 radical (unpaired) electrons. The molecular formula is C26H21Cl2NO8. The number of aromatic nitrogens is 1. The van der Waals surface area contributed by atoms with Gasteiger partial charge in [0.25, 0.3) is 0 Å². The molecular weight excluding hydrogens is 525 g/mol. The van der Waals surface area contributed by atoms with Crippen LogP contribution in [0.5, 0.6) is 34.5 Å². The molecule has 9 nitrogen and oxygen atoms in total. The minimum absolute atomic E-state index is 0.00818. The molecule has 192 valence electrons. The van der Waals surface area contributed by atoms with Gasteiger partial charge < -0.3 is 38.0 Å². The van der Waals surface area contributed by atoms with E-state index in [2.05, 4.69) is 0 Å². The standard InChI is InChI=1S/C26H21Cl2NO8/c1-11(15(28)10-27)36-25-20-14-8-18(33-2)16(30)9-17(14)37-26(32)22(20)29-6-5-12-13(21(25)29)7-19(34-3)24(35-4)23(12)31/h5-9,30-31H,10H2,1-4H3/b15-11-. The van der Waals surface area contributed by atoms with E-state index in [0.717, 1.165) is 0 Å². The molecule has 37 heavy (non-hydrogen) atoms. The Bertz CT molecular complexity index is 1820. The van der Waals surface area contributed by atoms with Crippen molar-refractivity contribution in [3.63, 3.8) is 0 Å². The van der Waals surface area contributed by atoms with Crippen LogP contribution in [-0.4, -0.2) is 41.8 Å². The monoisotopic (exact) mass is 545 g/mol. The molecule has 0 saturated heterocycles. The lowest BCUT2D eigenvalue weighted by molar-refractivity contribution is 0.335. The van der Waals surface area contributed by atoms with E-state index in [-0.39, 0.29) is 56.5 Å².